The van der Waals surface area contributed by atoms with Crippen LogP contribution in [-0.4, -0.2) is 17.5 Å². The molecule has 31 heavy (non-hydrogen) atoms. The number of anilines is 1. The van der Waals surface area contributed by atoms with Crippen LogP contribution >= 0.6 is 27.3 Å². The highest BCUT2D eigenvalue weighted by atomic mass is 79.9. The number of halogens is 1. The second-order valence-corrected chi connectivity index (χ2v) is 8.92. The van der Waals surface area contributed by atoms with Gasteiger partial charge in [-0.05, 0) is 64.7 Å². The van der Waals surface area contributed by atoms with Crippen molar-refractivity contribution in [3.8, 4) is 28.1 Å². The first-order valence-electron chi connectivity index (χ1n) is 9.80. The molecule has 0 fully saturated rings. The minimum absolute atomic E-state index is 0.0956. The third kappa shape index (κ3) is 5.21. The van der Waals surface area contributed by atoms with Crippen molar-refractivity contribution in [3.63, 3.8) is 0 Å². The highest BCUT2D eigenvalue weighted by molar-refractivity contribution is 9.10. The number of hydrogen-bond acceptors (Lipinski definition) is 4. The molecule has 0 aliphatic carbocycles. The lowest BCUT2D eigenvalue weighted by Gasteiger charge is -2.10. The van der Waals surface area contributed by atoms with Crippen molar-refractivity contribution in [2.24, 2.45) is 0 Å². The fraction of sp³-hybridized carbons (Fsp3) is 0.120. The van der Waals surface area contributed by atoms with Gasteiger partial charge in [0.2, 0.25) is 0 Å². The topological polar surface area (TPSA) is 51.2 Å². The van der Waals surface area contributed by atoms with Gasteiger partial charge in [-0.1, -0.05) is 54.1 Å². The molecule has 0 spiro atoms. The van der Waals surface area contributed by atoms with Crippen molar-refractivity contribution in [3.05, 3.63) is 87.7 Å². The average Bonchev–Trinajstić information content (AvgIpc) is 3.23. The smallest absolute Gasteiger partial charge is 0.264 e. The summed E-state index contributed by atoms with van der Waals surface area (Å²) in [5, 5.41) is 5.34. The second-order valence-electron chi connectivity index (χ2n) is 7.20. The molecule has 0 aliphatic heterocycles. The molecule has 1 aromatic heterocycles. The molecule has 1 heterocycles. The van der Waals surface area contributed by atoms with E-state index in [9.17, 15) is 4.79 Å². The lowest BCUT2D eigenvalue weighted by atomic mass is 10.0. The van der Waals surface area contributed by atoms with Crippen LogP contribution in [0.4, 0.5) is 5.13 Å². The van der Waals surface area contributed by atoms with Gasteiger partial charge < -0.3 is 4.74 Å². The zero-order valence-electron chi connectivity index (χ0n) is 17.2. The normalized spacial score (nSPS) is 10.7. The number of aryl methyl sites for hydroxylation is 2. The van der Waals surface area contributed by atoms with Crippen molar-refractivity contribution in [1.82, 2.24) is 4.98 Å². The Morgan fingerprint density at radius 3 is 2.61 bits per heavy atom. The maximum Gasteiger partial charge on any atom is 0.264 e. The van der Waals surface area contributed by atoms with Gasteiger partial charge in [0.05, 0.1) is 10.2 Å². The van der Waals surface area contributed by atoms with E-state index < -0.39 is 0 Å². The van der Waals surface area contributed by atoms with Crippen LogP contribution in [0, 0.1) is 13.8 Å². The summed E-state index contributed by atoms with van der Waals surface area (Å²) in [4.78, 5) is 16.9. The summed E-state index contributed by atoms with van der Waals surface area (Å²) in [5.41, 5.74) is 6.47. The Bertz CT molecular complexity index is 1220. The van der Waals surface area contributed by atoms with Gasteiger partial charge in [-0.15, -0.1) is 11.3 Å². The Morgan fingerprint density at radius 2 is 1.84 bits per heavy atom. The highest BCUT2D eigenvalue weighted by Crippen LogP contribution is 2.31. The molecule has 0 radical (unpaired) electrons. The van der Waals surface area contributed by atoms with E-state index in [0.29, 0.717) is 10.9 Å². The summed E-state index contributed by atoms with van der Waals surface area (Å²) in [5.74, 6) is 0.367. The molecule has 0 aliphatic rings. The number of nitrogens with zero attached hydrogens (tertiary/aromatic N) is 1. The Balaban J connectivity index is 1.38. The number of carbonyl (C=O) groups is 1. The second kappa shape index (κ2) is 9.45. The van der Waals surface area contributed by atoms with Crippen LogP contribution in [0.2, 0.25) is 0 Å². The van der Waals surface area contributed by atoms with Crippen LogP contribution in [-0.2, 0) is 4.79 Å². The van der Waals surface area contributed by atoms with Crippen molar-refractivity contribution in [1.29, 1.82) is 0 Å². The number of thiazole rings is 1. The Hall–Kier alpha value is -2.96. The largest absolute Gasteiger partial charge is 0.483 e. The highest BCUT2D eigenvalue weighted by Gasteiger charge is 2.12. The lowest BCUT2D eigenvalue weighted by Crippen LogP contribution is -2.20. The standard InChI is InChI=1S/C25H21BrN2O2S/c1-16-8-9-17(2)20(12-16)22-15-31-25(27-22)28-24(29)14-30-23-11-10-19(13-21(23)26)18-6-4-3-5-7-18/h3-13,15H,14H2,1-2H3,(H,27,28,29). The molecule has 4 aromatic rings. The first-order chi connectivity index (χ1) is 15.0. The minimum Gasteiger partial charge on any atom is -0.483 e. The first kappa shape index (κ1) is 21.3. The van der Waals surface area contributed by atoms with E-state index >= 15 is 0 Å². The summed E-state index contributed by atoms with van der Waals surface area (Å²) in [7, 11) is 0. The molecule has 4 rings (SSSR count). The molecule has 0 atom stereocenters. The summed E-state index contributed by atoms with van der Waals surface area (Å²) in [6, 6.07) is 22.2. The monoisotopic (exact) mass is 492 g/mol. The molecular formula is C25H21BrN2O2S. The maximum atomic E-state index is 12.4. The van der Waals surface area contributed by atoms with E-state index in [2.05, 4.69) is 70.4 Å². The van der Waals surface area contributed by atoms with Gasteiger partial charge in [0, 0.05) is 10.9 Å². The Morgan fingerprint density at radius 1 is 1.03 bits per heavy atom. The van der Waals surface area contributed by atoms with Crippen LogP contribution in [0.1, 0.15) is 11.1 Å². The van der Waals surface area contributed by atoms with Gasteiger partial charge in [-0.2, -0.15) is 0 Å². The summed E-state index contributed by atoms with van der Waals surface area (Å²) in [6.07, 6.45) is 0. The number of ether oxygens (including phenoxy) is 1. The van der Waals surface area contributed by atoms with Crippen molar-refractivity contribution in [2.75, 3.05) is 11.9 Å². The molecule has 4 nitrogen and oxygen atoms in total. The number of benzene rings is 3. The predicted octanol–water partition coefficient (Wildman–Crippen LogP) is 6.87. The third-order valence-corrected chi connectivity index (χ3v) is 6.19. The number of hydrogen-bond donors (Lipinski definition) is 1. The van der Waals surface area contributed by atoms with Crippen molar-refractivity contribution in [2.45, 2.75) is 13.8 Å². The average molecular weight is 493 g/mol. The number of amides is 1. The molecule has 1 amide bonds. The predicted molar refractivity (Wildman–Crippen MR) is 131 cm³/mol. The molecule has 6 heteroatoms. The van der Waals surface area contributed by atoms with Crippen LogP contribution in [0.3, 0.4) is 0 Å². The number of rotatable bonds is 6. The fourth-order valence-electron chi connectivity index (χ4n) is 3.19. The summed E-state index contributed by atoms with van der Waals surface area (Å²) < 4.78 is 6.51. The summed E-state index contributed by atoms with van der Waals surface area (Å²) in [6.45, 7) is 4.02. The van der Waals surface area contributed by atoms with Crippen molar-refractivity contribution < 1.29 is 9.53 Å². The third-order valence-electron chi connectivity index (χ3n) is 4.82. The SMILES string of the molecule is Cc1ccc(C)c(-c2csc(NC(=O)COc3ccc(-c4ccccc4)cc3Br)n2)c1. The molecule has 3 aromatic carbocycles. The lowest BCUT2D eigenvalue weighted by molar-refractivity contribution is -0.118. The van der Waals surface area contributed by atoms with Gasteiger partial charge in [0.1, 0.15) is 5.75 Å². The van der Waals surface area contributed by atoms with E-state index in [0.717, 1.165) is 32.4 Å². The van der Waals surface area contributed by atoms with E-state index in [1.165, 1.54) is 16.9 Å². The molecule has 0 saturated heterocycles. The molecule has 0 saturated carbocycles. The number of nitrogens with one attached hydrogen (secondary N) is 1. The van der Waals surface area contributed by atoms with Crippen LogP contribution < -0.4 is 10.1 Å². The molecular weight excluding hydrogens is 472 g/mol. The van der Waals surface area contributed by atoms with Gasteiger partial charge in [-0.3, -0.25) is 10.1 Å². The molecule has 0 bridgehead atoms. The molecule has 0 unspecified atom stereocenters. The summed E-state index contributed by atoms with van der Waals surface area (Å²) >= 11 is 4.94. The van der Waals surface area contributed by atoms with E-state index in [4.69, 9.17) is 4.74 Å². The van der Waals surface area contributed by atoms with Crippen LogP contribution in [0.15, 0.2) is 76.6 Å². The van der Waals surface area contributed by atoms with Crippen LogP contribution in [0.25, 0.3) is 22.4 Å². The Labute approximate surface area is 194 Å². The van der Waals surface area contributed by atoms with Gasteiger partial charge in [-0.25, -0.2) is 4.98 Å². The van der Waals surface area contributed by atoms with Gasteiger partial charge >= 0.3 is 0 Å². The van der Waals surface area contributed by atoms with Crippen LogP contribution in [0.5, 0.6) is 5.75 Å². The van der Waals surface area contributed by atoms with E-state index in [1.54, 1.807) is 0 Å². The molecule has 1 N–H and O–H groups in total. The van der Waals surface area contributed by atoms with Gasteiger partial charge in [0.15, 0.2) is 11.7 Å². The van der Waals surface area contributed by atoms with Gasteiger partial charge in [0.25, 0.3) is 5.91 Å². The maximum absolute atomic E-state index is 12.4. The first-order valence-corrected chi connectivity index (χ1v) is 11.5. The van der Waals surface area contributed by atoms with Crippen molar-refractivity contribution >= 4 is 38.3 Å². The quantitative estimate of drug-likeness (QED) is 0.319. The minimum atomic E-state index is -0.249. The zero-order valence-corrected chi connectivity index (χ0v) is 19.6. The van der Waals surface area contributed by atoms with E-state index in [-0.39, 0.29) is 12.5 Å². The fourth-order valence-corrected chi connectivity index (χ4v) is 4.41. The zero-order chi connectivity index (χ0) is 21.8. The number of carbonyl (C=O) groups excluding carboxylic acids is 1. The number of aromatic nitrogens is 1. The van der Waals surface area contributed by atoms with E-state index in [1.807, 2.05) is 41.8 Å². The Kier molecular flexibility index (Phi) is 6.49. The molecule has 156 valence electrons.